The quantitative estimate of drug-likeness (QED) is 0.846. The Hall–Kier alpha value is -1.55. The molecule has 1 heterocycles. The maximum atomic E-state index is 12.4. The van der Waals surface area contributed by atoms with E-state index in [-0.39, 0.29) is 5.78 Å². The van der Waals surface area contributed by atoms with Crippen LogP contribution < -0.4 is 9.47 Å². The highest BCUT2D eigenvalue weighted by Crippen LogP contribution is 2.42. The van der Waals surface area contributed by atoms with Gasteiger partial charge in [0.05, 0.1) is 19.6 Å². The molecule has 1 saturated heterocycles. The van der Waals surface area contributed by atoms with Crippen molar-refractivity contribution in [3.8, 4) is 11.5 Å². The highest BCUT2D eigenvalue weighted by molar-refractivity contribution is 5.89. The van der Waals surface area contributed by atoms with Crippen LogP contribution in [0.25, 0.3) is 0 Å². The van der Waals surface area contributed by atoms with E-state index in [0.29, 0.717) is 0 Å². The lowest BCUT2D eigenvalue weighted by molar-refractivity contribution is -0.124. The molecular weight excluding hydrogens is 254 g/mol. The molecule has 1 aliphatic rings. The van der Waals surface area contributed by atoms with Crippen molar-refractivity contribution in [2.24, 2.45) is 0 Å². The fraction of sp³-hybridized carbons (Fsp3) is 0.562. The summed E-state index contributed by atoms with van der Waals surface area (Å²) >= 11 is 0. The van der Waals surface area contributed by atoms with Crippen LogP contribution in [0.1, 0.15) is 25.3 Å². The summed E-state index contributed by atoms with van der Waals surface area (Å²) in [5.41, 5.74) is 0.506. The van der Waals surface area contributed by atoms with Crippen molar-refractivity contribution in [2.45, 2.75) is 25.2 Å². The molecule has 110 valence electrons. The second kappa shape index (κ2) is 5.83. The molecular formula is C16H23NO3. The van der Waals surface area contributed by atoms with Gasteiger partial charge < -0.3 is 14.4 Å². The zero-order valence-electron chi connectivity index (χ0n) is 12.7. The molecule has 0 amide bonds. The molecule has 1 fully saturated rings. The summed E-state index contributed by atoms with van der Waals surface area (Å²) in [6.07, 6.45) is 1.64. The molecule has 0 N–H and O–H groups in total. The number of Topliss-reactive ketones (excluding diaryl/α,β-unsaturated/α-hetero) is 1. The van der Waals surface area contributed by atoms with Gasteiger partial charge in [-0.2, -0.15) is 0 Å². The number of nitrogens with zero attached hydrogens (tertiary/aromatic N) is 1. The highest BCUT2D eigenvalue weighted by Gasteiger charge is 2.41. The van der Waals surface area contributed by atoms with E-state index in [2.05, 4.69) is 11.9 Å². The van der Waals surface area contributed by atoms with Crippen LogP contribution in [0.3, 0.4) is 0 Å². The number of hydrogen-bond acceptors (Lipinski definition) is 4. The minimum Gasteiger partial charge on any atom is -0.497 e. The van der Waals surface area contributed by atoms with E-state index in [1.807, 2.05) is 18.2 Å². The first-order chi connectivity index (χ1) is 9.53. The van der Waals surface area contributed by atoms with Crippen LogP contribution in [-0.2, 0) is 10.2 Å². The minimum atomic E-state index is -0.452. The van der Waals surface area contributed by atoms with Gasteiger partial charge in [-0.25, -0.2) is 0 Å². The Kier molecular flexibility index (Phi) is 4.33. The second-order valence-corrected chi connectivity index (χ2v) is 5.51. The van der Waals surface area contributed by atoms with E-state index in [1.54, 1.807) is 21.1 Å². The predicted molar refractivity (Wildman–Crippen MR) is 78.6 cm³/mol. The summed E-state index contributed by atoms with van der Waals surface area (Å²) in [5.74, 6) is 1.74. The zero-order valence-corrected chi connectivity index (χ0v) is 12.7. The molecule has 0 unspecified atom stereocenters. The van der Waals surface area contributed by atoms with Crippen LogP contribution in [0.4, 0.5) is 0 Å². The third-order valence-corrected chi connectivity index (χ3v) is 4.44. The number of piperidine rings is 1. The van der Waals surface area contributed by atoms with Gasteiger partial charge in [0.1, 0.15) is 17.3 Å². The van der Waals surface area contributed by atoms with Crippen LogP contribution >= 0.6 is 0 Å². The summed E-state index contributed by atoms with van der Waals surface area (Å²) in [5, 5.41) is 0. The lowest BCUT2D eigenvalue weighted by atomic mass is 9.69. The van der Waals surface area contributed by atoms with E-state index < -0.39 is 5.41 Å². The highest BCUT2D eigenvalue weighted by atomic mass is 16.5. The first-order valence-electron chi connectivity index (χ1n) is 6.95. The predicted octanol–water partition coefficient (Wildman–Crippen LogP) is 2.26. The standard InChI is InChI=1S/C16H23NO3/c1-12(18)16(7-9-17(2)10-8-16)14-11-13(19-3)5-6-15(14)20-4/h5-6,11H,7-10H2,1-4H3. The van der Waals surface area contributed by atoms with Crippen LogP contribution in [-0.4, -0.2) is 45.0 Å². The number of carbonyl (C=O) groups excluding carboxylic acids is 1. The van der Waals surface area contributed by atoms with Crippen molar-refractivity contribution in [1.29, 1.82) is 0 Å². The summed E-state index contributed by atoms with van der Waals surface area (Å²) in [6, 6.07) is 5.70. The van der Waals surface area contributed by atoms with Crippen LogP contribution in [0, 0.1) is 0 Å². The number of hydrogen-bond donors (Lipinski definition) is 0. The average molecular weight is 277 g/mol. The van der Waals surface area contributed by atoms with Gasteiger partial charge in [-0.1, -0.05) is 0 Å². The fourth-order valence-electron chi connectivity index (χ4n) is 3.00. The first-order valence-corrected chi connectivity index (χ1v) is 6.95. The fourth-order valence-corrected chi connectivity index (χ4v) is 3.00. The molecule has 1 aromatic rings. The zero-order chi connectivity index (χ0) is 14.8. The smallest absolute Gasteiger partial charge is 0.140 e. The van der Waals surface area contributed by atoms with E-state index >= 15 is 0 Å². The van der Waals surface area contributed by atoms with Gasteiger partial charge in [-0.3, -0.25) is 4.79 Å². The second-order valence-electron chi connectivity index (χ2n) is 5.51. The Balaban J connectivity index is 2.51. The minimum absolute atomic E-state index is 0.206. The van der Waals surface area contributed by atoms with Crippen molar-refractivity contribution < 1.29 is 14.3 Å². The molecule has 0 radical (unpaired) electrons. The first kappa shape index (κ1) is 14.9. The maximum Gasteiger partial charge on any atom is 0.140 e. The van der Waals surface area contributed by atoms with E-state index in [4.69, 9.17) is 9.47 Å². The number of carbonyl (C=O) groups is 1. The molecule has 0 aromatic heterocycles. The van der Waals surface area contributed by atoms with Gasteiger partial charge in [0.15, 0.2) is 0 Å². The third-order valence-electron chi connectivity index (χ3n) is 4.44. The third kappa shape index (κ3) is 2.52. The molecule has 0 aliphatic carbocycles. The Morgan fingerprint density at radius 3 is 2.35 bits per heavy atom. The average Bonchev–Trinajstić information content (AvgIpc) is 2.47. The van der Waals surface area contributed by atoms with Gasteiger partial charge in [0, 0.05) is 5.56 Å². The number of ketones is 1. The lowest BCUT2D eigenvalue weighted by Crippen LogP contribution is -2.45. The largest absolute Gasteiger partial charge is 0.497 e. The number of rotatable bonds is 4. The monoisotopic (exact) mass is 277 g/mol. The van der Waals surface area contributed by atoms with Crippen molar-refractivity contribution in [1.82, 2.24) is 4.90 Å². The number of benzene rings is 1. The molecule has 0 saturated carbocycles. The van der Waals surface area contributed by atoms with Crippen molar-refractivity contribution in [2.75, 3.05) is 34.4 Å². The topological polar surface area (TPSA) is 38.8 Å². The van der Waals surface area contributed by atoms with E-state index in [9.17, 15) is 4.79 Å². The van der Waals surface area contributed by atoms with Gasteiger partial charge in [0.25, 0.3) is 0 Å². The number of likely N-dealkylation sites (tertiary alicyclic amines) is 1. The molecule has 0 bridgehead atoms. The van der Waals surface area contributed by atoms with Gasteiger partial charge >= 0.3 is 0 Å². The van der Waals surface area contributed by atoms with E-state index in [0.717, 1.165) is 43.0 Å². The van der Waals surface area contributed by atoms with Gasteiger partial charge in [-0.15, -0.1) is 0 Å². The summed E-state index contributed by atoms with van der Waals surface area (Å²) in [6.45, 7) is 3.52. The molecule has 4 heteroatoms. The Bertz CT molecular complexity index is 490. The van der Waals surface area contributed by atoms with Crippen LogP contribution in [0.2, 0.25) is 0 Å². The molecule has 20 heavy (non-hydrogen) atoms. The number of methoxy groups -OCH3 is 2. The van der Waals surface area contributed by atoms with Crippen molar-refractivity contribution in [3.05, 3.63) is 23.8 Å². The van der Waals surface area contributed by atoms with E-state index in [1.165, 1.54) is 0 Å². The van der Waals surface area contributed by atoms with Crippen LogP contribution in [0.5, 0.6) is 11.5 Å². The van der Waals surface area contributed by atoms with Gasteiger partial charge in [0.2, 0.25) is 0 Å². The Morgan fingerprint density at radius 2 is 1.85 bits per heavy atom. The maximum absolute atomic E-state index is 12.4. The van der Waals surface area contributed by atoms with Crippen molar-refractivity contribution in [3.63, 3.8) is 0 Å². The number of ether oxygens (including phenoxy) is 2. The molecule has 0 spiro atoms. The van der Waals surface area contributed by atoms with Crippen molar-refractivity contribution >= 4 is 5.78 Å². The summed E-state index contributed by atoms with van der Waals surface area (Å²) < 4.78 is 10.8. The molecule has 0 atom stereocenters. The summed E-state index contributed by atoms with van der Waals surface area (Å²) in [7, 11) is 5.38. The molecule has 1 aromatic carbocycles. The molecule has 4 nitrogen and oxygen atoms in total. The van der Waals surface area contributed by atoms with Crippen LogP contribution in [0.15, 0.2) is 18.2 Å². The normalized spacial score (nSPS) is 18.6. The molecule has 1 aliphatic heterocycles. The molecule has 2 rings (SSSR count). The Labute approximate surface area is 120 Å². The SMILES string of the molecule is COc1ccc(OC)c(C2(C(C)=O)CCN(C)CC2)c1. The summed E-state index contributed by atoms with van der Waals surface area (Å²) in [4.78, 5) is 14.6. The van der Waals surface area contributed by atoms with Gasteiger partial charge in [-0.05, 0) is 58.1 Å². The Morgan fingerprint density at radius 1 is 1.20 bits per heavy atom. The lowest BCUT2D eigenvalue weighted by Gasteiger charge is -2.40.